The number of rotatable bonds is 7. The van der Waals surface area contributed by atoms with Crippen molar-refractivity contribution in [1.82, 2.24) is 5.32 Å². The molecule has 0 aliphatic carbocycles. The zero-order chi connectivity index (χ0) is 13.5. The Hall–Kier alpha value is -0.820. The van der Waals surface area contributed by atoms with Gasteiger partial charge in [-0.05, 0) is 26.3 Å². The molecule has 7 heteroatoms. The number of amides is 1. The van der Waals surface area contributed by atoms with Crippen LogP contribution in [0.5, 0.6) is 0 Å². The molecule has 0 aromatic rings. The summed E-state index contributed by atoms with van der Waals surface area (Å²) in [5, 5.41) is 2.62. The van der Waals surface area contributed by atoms with E-state index in [2.05, 4.69) is 10.1 Å². The highest BCUT2D eigenvalue weighted by molar-refractivity contribution is 5.78. The Morgan fingerprint density at radius 3 is 2.41 bits per heavy atom. The maximum absolute atomic E-state index is 11.8. The number of nitrogens with one attached hydrogen (secondary N) is 1. The van der Waals surface area contributed by atoms with Gasteiger partial charge in [-0.2, -0.15) is 13.2 Å². The summed E-state index contributed by atoms with van der Waals surface area (Å²) in [6, 6.07) is 0. The predicted octanol–water partition coefficient (Wildman–Crippen LogP) is 1.20. The van der Waals surface area contributed by atoms with Crippen LogP contribution in [0.1, 0.15) is 26.7 Å². The Morgan fingerprint density at radius 2 is 2.00 bits per heavy atom. The summed E-state index contributed by atoms with van der Waals surface area (Å²) in [5.74, 6) is -0.563. The molecule has 1 amide bonds. The van der Waals surface area contributed by atoms with E-state index in [0.717, 1.165) is 0 Å². The van der Waals surface area contributed by atoms with Gasteiger partial charge in [0.05, 0.1) is 0 Å². The van der Waals surface area contributed by atoms with E-state index in [1.807, 2.05) is 6.92 Å². The van der Waals surface area contributed by atoms with Crippen LogP contribution in [0, 0.1) is 0 Å². The number of hydrogen-bond donors (Lipinski definition) is 2. The van der Waals surface area contributed by atoms with Crippen molar-refractivity contribution in [2.24, 2.45) is 5.73 Å². The van der Waals surface area contributed by atoms with Crippen molar-refractivity contribution in [3.05, 3.63) is 0 Å². The third kappa shape index (κ3) is 7.98. The monoisotopic (exact) mass is 256 g/mol. The predicted molar refractivity (Wildman–Crippen MR) is 57.4 cm³/mol. The van der Waals surface area contributed by atoms with Crippen LogP contribution >= 0.6 is 0 Å². The minimum absolute atomic E-state index is 0.397. The van der Waals surface area contributed by atoms with Crippen LogP contribution < -0.4 is 11.1 Å². The standard InChI is InChI=1S/C10H19F3N2O2/c1-3-9(2,4-5-14)15-8(16)6-17-7-10(11,12)13/h3-7,14H2,1-2H3,(H,15,16). The number of carbonyl (C=O) groups is 1. The van der Waals surface area contributed by atoms with Crippen molar-refractivity contribution >= 4 is 5.91 Å². The molecule has 1 atom stereocenters. The first kappa shape index (κ1) is 16.2. The quantitative estimate of drug-likeness (QED) is 0.719. The SMILES string of the molecule is CCC(C)(CCN)NC(=O)COCC(F)(F)F. The molecule has 102 valence electrons. The molecule has 0 aromatic carbocycles. The Balaban J connectivity index is 4.00. The van der Waals surface area contributed by atoms with Crippen LogP contribution in [0.3, 0.4) is 0 Å². The molecule has 0 radical (unpaired) electrons. The lowest BCUT2D eigenvalue weighted by Gasteiger charge is -2.29. The van der Waals surface area contributed by atoms with Crippen molar-refractivity contribution in [2.45, 2.75) is 38.4 Å². The molecule has 0 aliphatic heterocycles. The lowest BCUT2D eigenvalue weighted by molar-refractivity contribution is -0.176. The van der Waals surface area contributed by atoms with Gasteiger partial charge in [0.2, 0.25) is 5.91 Å². The normalized spacial score (nSPS) is 15.4. The van der Waals surface area contributed by atoms with E-state index in [1.165, 1.54) is 0 Å². The second-order valence-corrected chi connectivity index (χ2v) is 4.11. The first-order valence-corrected chi connectivity index (χ1v) is 5.38. The molecule has 0 saturated heterocycles. The van der Waals surface area contributed by atoms with E-state index in [4.69, 9.17) is 5.73 Å². The van der Waals surface area contributed by atoms with Crippen LogP contribution in [0.25, 0.3) is 0 Å². The molecule has 0 spiro atoms. The molecule has 1 unspecified atom stereocenters. The summed E-state index contributed by atoms with van der Waals surface area (Å²) in [6.45, 7) is 2.04. The van der Waals surface area contributed by atoms with E-state index in [1.54, 1.807) is 6.92 Å². The topological polar surface area (TPSA) is 64.3 Å². The van der Waals surface area contributed by atoms with Gasteiger partial charge in [-0.15, -0.1) is 0 Å². The van der Waals surface area contributed by atoms with Gasteiger partial charge in [0.25, 0.3) is 0 Å². The van der Waals surface area contributed by atoms with Crippen LogP contribution in [0.4, 0.5) is 13.2 Å². The smallest absolute Gasteiger partial charge is 0.362 e. The van der Waals surface area contributed by atoms with Crippen molar-refractivity contribution in [3.8, 4) is 0 Å². The highest BCUT2D eigenvalue weighted by Crippen LogP contribution is 2.15. The lowest BCUT2D eigenvalue weighted by atomic mass is 9.94. The van der Waals surface area contributed by atoms with E-state index in [0.29, 0.717) is 19.4 Å². The summed E-state index contributed by atoms with van der Waals surface area (Å²) < 4.78 is 39.5. The van der Waals surface area contributed by atoms with Gasteiger partial charge in [-0.1, -0.05) is 6.92 Å². The van der Waals surface area contributed by atoms with Crippen molar-refractivity contribution in [3.63, 3.8) is 0 Å². The maximum atomic E-state index is 11.8. The van der Waals surface area contributed by atoms with Gasteiger partial charge < -0.3 is 15.8 Å². The first-order valence-electron chi connectivity index (χ1n) is 5.38. The highest BCUT2D eigenvalue weighted by Gasteiger charge is 2.28. The maximum Gasteiger partial charge on any atom is 0.411 e. The van der Waals surface area contributed by atoms with Gasteiger partial charge in [-0.3, -0.25) is 4.79 Å². The van der Waals surface area contributed by atoms with Crippen molar-refractivity contribution < 1.29 is 22.7 Å². The zero-order valence-corrected chi connectivity index (χ0v) is 10.1. The molecule has 0 heterocycles. The van der Waals surface area contributed by atoms with Gasteiger partial charge >= 0.3 is 6.18 Å². The fourth-order valence-electron chi connectivity index (χ4n) is 1.28. The van der Waals surface area contributed by atoms with Crippen LogP contribution in [0.2, 0.25) is 0 Å². The molecule has 4 nitrogen and oxygen atoms in total. The van der Waals surface area contributed by atoms with Crippen LogP contribution in [-0.2, 0) is 9.53 Å². The Kier molecular flexibility index (Phi) is 6.48. The second-order valence-electron chi connectivity index (χ2n) is 4.11. The summed E-state index contributed by atoms with van der Waals surface area (Å²) in [7, 11) is 0. The summed E-state index contributed by atoms with van der Waals surface area (Å²) in [6.07, 6.45) is -3.20. The van der Waals surface area contributed by atoms with E-state index >= 15 is 0 Å². The van der Waals surface area contributed by atoms with Gasteiger partial charge in [0.1, 0.15) is 13.2 Å². The number of hydrogen-bond acceptors (Lipinski definition) is 3. The zero-order valence-electron chi connectivity index (χ0n) is 10.1. The molecular weight excluding hydrogens is 237 g/mol. The van der Waals surface area contributed by atoms with Crippen molar-refractivity contribution in [1.29, 1.82) is 0 Å². The first-order chi connectivity index (χ1) is 7.72. The van der Waals surface area contributed by atoms with E-state index in [-0.39, 0.29) is 0 Å². The summed E-state index contributed by atoms with van der Waals surface area (Å²) in [5.41, 5.74) is 4.90. The molecule has 0 saturated carbocycles. The third-order valence-corrected chi connectivity index (χ3v) is 2.42. The fourth-order valence-corrected chi connectivity index (χ4v) is 1.28. The van der Waals surface area contributed by atoms with Crippen LogP contribution in [0.15, 0.2) is 0 Å². The Bertz CT molecular complexity index is 246. The molecule has 3 N–H and O–H groups in total. The van der Waals surface area contributed by atoms with Crippen molar-refractivity contribution in [2.75, 3.05) is 19.8 Å². The largest absolute Gasteiger partial charge is 0.411 e. The Morgan fingerprint density at radius 1 is 1.41 bits per heavy atom. The van der Waals surface area contributed by atoms with Gasteiger partial charge in [0.15, 0.2) is 0 Å². The molecule has 0 fully saturated rings. The number of nitrogens with two attached hydrogens (primary N) is 1. The lowest BCUT2D eigenvalue weighted by Crippen LogP contribution is -2.48. The number of carbonyl (C=O) groups excluding carboxylic acids is 1. The highest BCUT2D eigenvalue weighted by atomic mass is 19.4. The number of ether oxygens (including phenoxy) is 1. The minimum atomic E-state index is -4.41. The minimum Gasteiger partial charge on any atom is -0.362 e. The fraction of sp³-hybridized carbons (Fsp3) is 0.900. The van der Waals surface area contributed by atoms with E-state index in [9.17, 15) is 18.0 Å². The van der Waals surface area contributed by atoms with Crippen LogP contribution in [-0.4, -0.2) is 37.4 Å². The average Bonchev–Trinajstić information content (AvgIpc) is 2.15. The molecule has 0 aliphatic rings. The second kappa shape index (κ2) is 6.80. The van der Waals surface area contributed by atoms with Gasteiger partial charge in [-0.25, -0.2) is 0 Å². The third-order valence-electron chi connectivity index (χ3n) is 2.42. The molecule has 0 aromatic heterocycles. The Labute approximate surface area is 98.7 Å². The number of halogens is 3. The average molecular weight is 256 g/mol. The summed E-state index contributed by atoms with van der Waals surface area (Å²) >= 11 is 0. The molecule has 0 rings (SSSR count). The molecular formula is C10H19F3N2O2. The summed E-state index contributed by atoms with van der Waals surface area (Å²) in [4.78, 5) is 11.3. The van der Waals surface area contributed by atoms with Gasteiger partial charge in [0, 0.05) is 5.54 Å². The molecule has 0 bridgehead atoms. The molecule has 17 heavy (non-hydrogen) atoms. The number of alkyl halides is 3. The van der Waals surface area contributed by atoms with E-state index < -0.39 is 30.8 Å².